The minimum atomic E-state index is -4.54. The molecule has 5 rings (SSSR count). The van der Waals surface area contributed by atoms with Crippen LogP contribution in [0.1, 0.15) is 49.4 Å². The number of ether oxygens (including phenoxy) is 1. The highest BCUT2D eigenvalue weighted by molar-refractivity contribution is 6.30. The number of hydrogen-bond acceptors (Lipinski definition) is 6. The van der Waals surface area contributed by atoms with E-state index in [0.717, 1.165) is 4.68 Å². The smallest absolute Gasteiger partial charge is 0.408 e. The van der Waals surface area contributed by atoms with Crippen molar-refractivity contribution < 1.29 is 27.5 Å². The van der Waals surface area contributed by atoms with E-state index in [4.69, 9.17) is 22.1 Å². The summed E-state index contributed by atoms with van der Waals surface area (Å²) in [4.78, 5) is 36.6. The molecule has 2 N–H and O–H groups in total. The van der Waals surface area contributed by atoms with Crippen LogP contribution in [0.15, 0.2) is 42.7 Å². The zero-order valence-corrected chi connectivity index (χ0v) is 24.0. The lowest BCUT2D eigenvalue weighted by Crippen LogP contribution is -2.52. The maximum Gasteiger partial charge on any atom is 0.408 e. The van der Waals surface area contributed by atoms with Crippen LogP contribution in [0.5, 0.6) is 5.75 Å². The van der Waals surface area contributed by atoms with Crippen molar-refractivity contribution in [1.29, 1.82) is 0 Å². The van der Waals surface area contributed by atoms with Crippen LogP contribution in [0.2, 0.25) is 5.02 Å². The fourth-order valence-corrected chi connectivity index (χ4v) is 5.18. The minimum Gasteiger partial charge on any atom is -0.476 e. The predicted molar refractivity (Wildman–Crippen MR) is 151 cm³/mol. The number of aromatic nitrogens is 4. The first-order chi connectivity index (χ1) is 19.6. The van der Waals surface area contributed by atoms with Gasteiger partial charge in [-0.2, -0.15) is 18.3 Å². The third-order valence-electron chi connectivity index (χ3n) is 6.81. The number of hydrogen-bond donors (Lipinski definition) is 1. The molecule has 0 spiro atoms. The van der Waals surface area contributed by atoms with Crippen molar-refractivity contribution in [3.63, 3.8) is 0 Å². The first kappa shape index (κ1) is 29.3. The molecule has 1 aliphatic rings. The molecule has 0 bridgehead atoms. The van der Waals surface area contributed by atoms with Gasteiger partial charge in [-0.05, 0) is 56.0 Å². The van der Waals surface area contributed by atoms with Gasteiger partial charge in [0.1, 0.15) is 12.3 Å². The molecule has 1 aliphatic heterocycles. The second-order valence-electron chi connectivity index (χ2n) is 11.1. The molecule has 0 saturated carbocycles. The topological polar surface area (TPSA) is 116 Å². The van der Waals surface area contributed by atoms with Gasteiger partial charge in [0, 0.05) is 17.1 Å². The van der Waals surface area contributed by atoms with Gasteiger partial charge in [-0.1, -0.05) is 31.5 Å². The van der Waals surface area contributed by atoms with Crippen LogP contribution < -0.4 is 15.4 Å². The number of carbonyl (C=O) groups is 2. The number of halogens is 4. The quantitative estimate of drug-likeness (QED) is 0.290. The third kappa shape index (κ3) is 5.63. The van der Waals surface area contributed by atoms with E-state index in [1.165, 1.54) is 12.4 Å². The molecule has 1 aromatic carbocycles. The molecule has 0 fully saturated rings. The molecule has 9 nitrogen and oxygen atoms in total. The predicted octanol–water partition coefficient (Wildman–Crippen LogP) is 5.71. The van der Waals surface area contributed by atoms with Crippen LogP contribution in [-0.4, -0.2) is 43.3 Å². The van der Waals surface area contributed by atoms with Gasteiger partial charge in [0.2, 0.25) is 0 Å². The molecule has 0 radical (unpaired) electrons. The molecule has 4 aromatic rings. The summed E-state index contributed by atoms with van der Waals surface area (Å²) in [7, 11) is 0. The van der Waals surface area contributed by atoms with E-state index in [0.29, 0.717) is 39.7 Å². The highest BCUT2D eigenvalue weighted by atomic mass is 35.5. The highest BCUT2D eigenvalue weighted by Gasteiger charge is 2.41. The number of alkyl halides is 3. The third-order valence-corrected chi connectivity index (χ3v) is 7.03. The van der Waals surface area contributed by atoms with Crippen LogP contribution in [-0.2, 0) is 24.3 Å². The SMILES string of the molecule is CC(C)Cc1nc2c(cnn2CC(F)(F)F)c(-c2ccc3c(c2)OC(C)(C)C(=O)N3Cc2ccc(Cl)cn2)c1C(N)=O. The maximum absolute atomic E-state index is 13.4. The Balaban J connectivity index is 1.71. The summed E-state index contributed by atoms with van der Waals surface area (Å²) in [6.07, 6.45) is -1.50. The molecule has 42 heavy (non-hydrogen) atoms. The molecule has 3 aromatic heterocycles. The van der Waals surface area contributed by atoms with Crippen LogP contribution in [0, 0.1) is 5.92 Å². The Morgan fingerprint density at radius 1 is 1.17 bits per heavy atom. The van der Waals surface area contributed by atoms with E-state index >= 15 is 0 Å². The first-order valence-corrected chi connectivity index (χ1v) is 13.5. The van der Waals surface area contributed by atoms with E-state index in [1.54, 1.807) is 49.1 Å². The van der Waals surface area contributed by atoms with Gasteiger partial charge in [-0.15, -0.1) is 0 Å². The van der Waals surface area contributed by atoms with Gasteiger partial charge < -0.3 is 10.5 Å². The Morgan fingerprint density at radius 3 is 2.52 bits per heavy atom. The molecule has 4 heterocycles. The average Bonchev–Trinajstić information content (AvgIpc) is 3.26. The van der Waals surface area contributed by atoms with Crippen LogP contribution in [0.3, 0.4) is 0 Å². The maximum atomic E-state index is 13.4. The number of carbonyl (C=O) groups excluding carboxylic acids is 2. The molecule has 0 saturated heterocycles. The molecule has 0 atom stereocenters. The monoisotopic (exact) mass is 600 g/mol. The van der Waals surface area contributed by atoms with Gasteiger partial charge in [0.25, 0.3) is 11.8 Å². The summed E-state index contributed by atoms with van der Waals surface area (Å²) in [5.41, 5.74) is 6.75. The lowest BCUT2D eigenvalue weighted by molar-refractivity contribution is -0.142. The normalized spacial score (nSPS) is 14.8. The molecular formula is C29H28ClF3N6O3. The van der Waals surface area contributed by atoms with E-state index in [1.807, 2.05) is 13.8 Å². The van der Waals surface area contributed by atoms with Gasteiger partial charge >= 0.3 is 6.18 Å². The van der Waals surface area contributed by atoms with Crippen molar-refractivity contribution in [2.45, 2.75) is 59.0 Å². The van der Waals surface area contributed by atoms with Crippen LogP contribution >= 0.6 is 11.6 Å². The number of fused-ring (bicyclic) bond motifs is 2. The highest BCUT2D eigenvalue weighted by Crippen LogP contribution is 2.43. The lowest BCUT2D eigenvalue weighted by atomic mass is 9.92. The number of primary amides is 1. The summed E-state index contributed by atoms with van der Waals surface area (Å²) in [5, 5.41) is 4.65. The van der Waals surface area contributed by atoms with Crippen LogP contribution in [0.4, 0.5) is 18.9 Å². The van der Waals surface area contributed by atoms with Gasteiger partial charge in [0.05, 0.1) is 40.4 Å². The Kier molecular flexibility index (Phi) is 7.38. The Bertz CT molecular complexity index is 1700. The van der Waals surface area contributed by atoms with E-state index in [2.05, 4.69) is 15.1 Å². The molecule has 220 valence electrons. The van der Waals surface area contributed by atoms with Crippen molar-refractivity contribution in [1.82, 2.24) is 19.7 Å². The standard InChI is InChI=1S/C29H28ClF3N6O3/c1-15(2)9-20-24(25(34)40)23(19-12-36-39(26(19)37-20)14-29(31,32)33)16-5-8-21-22(10-16)42-28(3,4)27(41)38(21)13-18-7-6-17(30)11-35-18/h5-8,10-12,15H,9,13-14H2,1-4H3,(H2,34,40). The molecule has 0 unspecified atom stereocenters. The number of pyridine rings is 2. The van der Waals surface area contributed by atoms with Crippen molar-refractivity contribution in [3.8, 4) is 16.9 Å². The average molecular weight is 601 g/mol. The second-order valence-corrected chi connectivity index (χ2v) is 11.5. The summed E-state index contributed by atoms with van der Waals surface area (Å²) < 4.78 is 47.0. The summed E-state index contributed by atoms with van der Waals surface area (Å²) in [6.45, 7) is 5.86. The Labute approximate surface area is 244 Å². The fourth-order valence-electron chi connectivity index (χ4n) is 5.07. The first-order valence-electron chi connectivity index (χ1n) is 13.2. The Hall–Kier alpha value is -4.19. The number of anilines is 1. The summed E-state index contributed by atoms with van der Waals surface area (Å²) in [6, 6.07) is 8.36. The fraction of sp³-hybridized carbons (Fsp3) is 0.345. The van der Waals surface area contributed by atoms with E-state index in [9.17, 15) is 22.8 Å². The van der Waals surface area contributed by atoms with E-state index < -0.39 is 24.2 Å². The molecule has 13 heteroatoms. The number of benzene rings is 1. The van der Waals surface area contributed by atoms with Crippen LogP contribution in [0.25, 0.3) is 22.2 Å². The van der Waals surface area contributed by atoms with Gasteiger partial charge in [-0.25, -0.2) is 9.67 Å². The van der Waals surface area contributed by atoms with Crippen molar-refractivity contribution in [2.24, 2.45) is 11.7 Å². The Morgan fingerprint density at radius 2 is 1.90 bits per heavy atom. The van der Waals surface area contributed by atoms with Gasteiger partial charge in [0.15, 0.2) is 11.2 Å². The number of amides is 2. The lowest BCUT2D eigenvalue weighted by Gasteiger charge is -2.39. The van der Waals surface area contributed by atoms with Gasteiger partial charge in [-0.3, -0.25) is 19.5 Å². The minimum absolute atomic E-state index is 0.0208. The second kappa shape index (κ2) is 10.6. The molecule has 0 aliphatic carbocycles. The van der Waals surface area contributed by atoms with E-state index in [-0.39, 0.29) is 40.7 Å². The number of rotatable bonds is 7. The molecule has 2 amide bonds. The number of nitrogens with two attached hydrogens (primary N) is 1. The largest absolute Gasteiger partial charge is 0.476 e. The summed E-state index contributed by atoms with van der Waals surface area (Å²) >= 11 is 5.97. The zero-order chi connectivity index (χ0) is 30.6. The zero-order valence-electron chi connectivity index (χ0n) is 23.3. The van der Waals surface area contributed by atoms with Crippen molar-refractivity contribution in [3.05, 3.63) is 64.7 Å². The summed E-state index contributed by atoms with van der Waals surface area (Å²) in [5.74, 6) is -0.715. The van der Waals surface area contributed by atoms with Crippen molar-refractivity contribution in [2.75, 3.05) is 4.90 Å². The number of nitrogens with zero attached hydrogens (tertiary/aromatic N) is 5. The van der Waals surface area contributed by atoms with Crippen molar-refractivity contribution >= 4 is 40.1 Å². The molecular weight excluding hydrogens is 573 g/mol.